The number of ketones is 1. The molecule has 0 N–H and O–H groups in total. The Morgan fingerprint density at radius 3 is 2.35 bits per heavy atom. The van der Waals surface area contributed by atoms with Crippen molar-refractivity contribution < 1.29 is 4.79 Å². The summed E-state index contributed by atoms with van der Waals surface area (Å²) in [6.45, 7) is 1.87. The van der Waals surface area contributed by atoms with Crippen LogP contribution < -0.4 is 0 Å². The number of carbonyl (C=O) groups excluding carboxylic acids is 1. The summed E-state index contributed by atoms with van der Waals surface area (Å²) < 4.78 is 0. The molecule has 0 radical (unpaired) electrons. The molecule has 1 nitrogen and oxygen atoms in total. The Morgan fingerprint density at radius 2 is 1.71 bits per heavy atom. The fraction of sp³-hybridized carbons (Fsp3) is 0.0714. The minimum Gasteiger partial charge on any atom is -0.289 e. The van der Waals surface area contributed by atoms with Gasteiger partial charge in [0.25, 0.3) is 0 Å². The quantitative estimate of drug-likeness (QED) is 0.729. The van der Waals surface area contributed by atoms with Crippen molar-refractivity contribution in [2.75, 3.05) is 0 Å². The smallest absolute Gasteiger partial charge is 0.194 e. The van der Waals surface area contributed by atoms with Gasteiger partial charge in [-0.25, -0.2) is 0 Å². The summed E-state index contributed by atoms with van der Waals surface area (Å²) >= 11 is 11.9. The molecule has 2 aromatic rings. The Morgan fingerprint density at radius 1 is 1.00 bits per heavy atom. The maximum Gasteiger partial charge on any atom is 0.194 e. The van der Waals surface area contributed by atoms with Crippen molar-refractivity contribution in [3.63, 3.8) is 0 Å². The highest BCUT2D eigenvalue weighted by Gasteiger charge is 2.12. The van der Waals surface area contributed by atoms with Crippen molar-refractivity contribution >= 4 is 29.0 Å². The van der Waals surface area contributed by atoms with Crippen molar-refractivity contribution in [3.8, 4) is 0 Å². The van der Waals surface area contributed by atoms with E-state index < -0.39 is 0 Å². The lowest BCUT2D eigenvalue weighted by Crippen LogP contribution is -2.02. The monoisotopic (exact) mass is 264 g/mol. The van der Waals surface area contributed by atoms with Gasteiger partial charge >= 0.3 is 0 Å². The Labute approximate surface area is 110 Å². The van der Waals surface area contributed by atoms with E-state index in [0.29, 0.717) is 21.2 Å². The second-order valence-electron chi connectivity index (χ2n) is 3.77. The third-order valence-electron chi connectivity index (χ3n) is 2.54. The molecule has 0 spiro atoms. The van der Waals surface area contributed by atoms with E-state index in [1.807, 2.05) is 6.92 Å². The van der Waals surface area contributed by atoms with Gasteiger partial charge in [-0.2, -0.15) is 0 Å². The van der Waals surface area contributed by atoms with Crippen molar-refractivity contribution in [3.05, 3.63) is 69.2 Å². The summed E-state index contributed by atoms with van der Waals surface area (Å²) in [7, 11) is 0. The molecule has 0 saturated heterocycles. The van der Waals surface area contributed by atoms with E-state index in [-0.39, 0.29) is 5.78 Å². The van der Waals surface area contributed by atoms with Crippen LogP contribution in [0, 0.1) is 6.92 Å². The molecule has 0 saturated carbocycles. The maximum absolute atomic E-state index is 12.2. The van der Waals surface area contributed by atoms with Crippen molar-refractivity contribution in [2.24, 2.45) is 0 Å². The number of aryl methyl sites for hydroxylation is 1. The van der Waals surface area contributed by atoms with Crippen molar-refractivity contribution in [1.29, 1.82) is 0 Å². The zero-order chi connectivity index (χ0) is 12.4. The number of carbonyl (C=O) groups is 1. The van der Waals surface area contributed by atoms with Crippen LogP contribution in [-0.2, 0) is 0 Å². The second-order valence-corrected chi connectivity index (χ2v) is 4.59. The van der Waals surface area contributed by atoms with Gasteiger partial charge in [0.2, 0.25) is 0 Å². The van der Waals surface area contributed by atoms with Crippen LogP contribution in [0.25, 0.3) is 0 Å². The maximum atomic E-state index is 12.2. The van der Waals surface area contributed by atoms with Gasteiger partial charge in [-0.3, -0.25) is 4.79 Å². The first-order chi connectivity index (χ1) is 8.09. The molecule has 17 heavy (non-hydrogen) atoms. The van der Waals surface area contributed by atoms with E-state index in [0.717, 1.165) is 5.56 Å². The van der Waals surface area contributed by atoms with E-state index in [4.69, 9.17) is 23.2 Å². The normalized spacial score (nSPS) is 10.3. The highest BCUT2D eigenvalue weighted by atomic mass is 35.5. The lowest BCUT2D eigenvalue weighted by molar-refractivity contribution is 0.103. The van der Waals surface area contributed by atoms with Gasteiger partial charge in [-0.1, -0.05) is 35.3 Å². The zero-order valence-electron chi connectivity index (χ0n) is 9.21. The van der Waals surface area contributed by atoms with Crippen LogP contribution in [0.15, 0.2) is 42.5 Å². The highest BCUT2D eigenvalue weighted by molar-refractivity contribution is 6.35. The van der Waals surface area contributed by atoms with Gasteiger partial charge in [0.15, 0.2) is 5.78 Å². The lowest BCUT2D eigenvalue weighted by Gasteiger charge is -2.05. The molecule has 0 heterocycles. The van der Waals surface area contributed by atoms with E-state index >= 15 is 0 Å². The fourth-order valence-electron chi connectivity index (χ4n) is 1.59. The molecule has 0 atom stereocenters. The number of halogens is 2. The number of benzene rings is 2. The molecule has 0 aliphatic rings. The SMILES string of the molecule is Cc1cc(C(=O)c2ccccc2Cl)ccc1Cl. The van der Waals surface area contributed by atoms with E-state index in [2.05, 4.69) is 0 Å². The molecule has 0 aliphatic carbocycles. The molecule has 0 unspecified atom stereocenters. The molecule has 0 aromatic heterocycles. The number of hydrogen-bond acceptors (Lipinski definition) is 1. The predicted octanol–water partition coefficient (Wildman–Crippen LogP) is 4.53. The first kappa shape index (κ1) is 12.2. The Kier molecular flexibility index (Phi) is 3.51. The molecule has 2 aromatic carbocycles. The molecular weight excluding hydrogens is 255 g/mol. The Balaban J connectivity index is 2.44. The predicted molar refractivity (Wildman–Crippen MR) is 71.1 cm³/mol. The zero-order valence-corrected chi connectivity index (χ0v) is 10.7. The molecule has 2 rings (SSSR count). The summed E-state index contributed by atoms with van der Waals surface area (Å²) in [6.07, 6.45) is 0. The van der Waals surface area contributed by atoms with Crippen LogP contribution in [0.2, 0.25) is 10.0 Å². The number of hydrogen-bond donors (Lipinski definition) is 0. The van der Waals surface area contributed by atoms with Gasteiger partial charge in [-0.15, -0.1) is 0 Å². The largest absolute Gasteiger partial charge is 0.289 e. The average molecular weight is 265 g/mol. The first-order valence-electron chi connectivity index (χ1n) is 5.15. The van der Waals surface area contributed by atoms with Gasteiger partial charge in [-0.05, 0) is 42.8 Å². The van der Waals surface area contributed by atoms with Crippen LogP contribution in [0.5, 0.6) is 0 Å². The van der Waals surface area contributed by atoms with E-state index in [1.54, 1.807) is 42.5 Å². The standard InChI is InChI=1S/C14H10Cl2O/c1-9-8-10(6-7-12(9)15)14(17)11-4-2-3-5-13(11)16/h2-8H,1H3. The van der Waals surface area contributed by atoms with Gasteiger partial charge in [0.1, 0.15) is 0 Å². The fourth-order valence-corrected chi connectivity index (χ4v) is 1.93. The van der Waals surface area contributed by atoms with E-state index in [1.165, 1.54) is 0 Å². The van der Waals surface area contributed by atoms with Crippen molar-refractivity contribution in [1.82, 2.24) is 0 Å². The molecule has 0 amide bonds. The number of rotatable bonds is 2. The topological polar surface area (TPSA) is 17.1 Å². The minimum absolute atomic E-state index is 0.0876. The van der Waals surface area contributed by atoms with Crippen molar-refractivity contribution in [2.45, 2.75) is 6.92 Å². The van der Waals surface area contributed by atoms with Crippen LogP contribution in [-0.4, -0.2) is 5.78 Å². The summed E-state index contributed by atoms with van der Waals surface area (Å²) in [4.78, 5) is 12.2. The summed E-state index contributed by atoms with van der Waals surface area (Å²) in [5, 5.41) is 1.12. The lowest BCUT2D eigenvalue weighted by atomic mass is 10.0. The molecule has 86 valence electrons. The average Bonchev–Trinajstić information content (AvgIpc) is 2.32. The molecule has 3 heteroatoms. The van der Waals surface area contributed by atoms with Crippen LogP contribution in [0.3, 0.4) is 0 Å². The summed E-state index contributed by atoms with van der Waals surface area (Å²) in [6, 6.07) is 12.2. The third-order valence-corrected chi connectivity index (χ3v) is 3.29. The highest BCUT2D eigenvalue weighted by Crippen LogP contribution is 2.22. The van der Waals surface area contributed by atoms with E-state index in [9.17, 15) is 4.79 Å². The first-order valence-corrected chi connectivity index (χ1v) is 5.90. The van der Waals surface area contributed by atoms with Gasteiger partial charge < -0.3 is 0 Å². The molecular formula is C14H10Cl2O. The summed E-state index contributed by atoms with van der Waals surface area (Å²) in [5.41, 5.74) is 1.99. The van der Waals surface area contributed by atoms with Gasteiger partial charge in [0.05, 0.1) is 5.02 Å². The van der Waals surface area contributed by atoms with Crippen LogP contribution >= 0.6 is 23.2 Å². The molecule has 0 bridgehead atoms. The Hall–Kier alpha value is -1.31. The van der Waals surface area contributed by atoms with Crippen LogP contribution in [0.1, 0.15) is 21.5 Å². The third kappa shape index (κ3) is 2.51. The second kappa shape index (κ2) is 4.91. The minimum atomic E-state index is -0.0876. The molecule has 0 aliphatic heterocycles. The summed E-state index contributed by atoms with van der Waals surface area (Å²) in [5.74, 6) is -0.0876. The van der Waals surface area contributed by atoms with Crippen LogP contribution in [0.4, 0.5) is 0 Å². The van der Waals surface area contributed by atoms with Gasteiger partial charge in [0, 0.05) is 16.1 Å². The Bertz CT molecular complexity index is 576. The molecule has 0 fully saturated rings.